The van der Waals surface area contributed by atoms with Gasteiger partial charge in [-0.3, -0.25) is 0 Å². The molecule has 8 nitrogen and oxygen atoms in total. The van der Waals surface area contributed by atoms with Crippen LogP contribution < -0.4 is 25.8 Å². The van der Waals surface area contributed by atoms with E-state index in [1.165, 1.54) is 7.11 Å². The molecule has 0 aliphatic carbocycles. The molecule has 2 unspecified atom stereocenters. The summed E-state index contributed by atoms with van der Waals surface area (Å²) < 4.78 is 68.8. The Morgan fingerprint density at radius 1 is 1.21 bits per heavy atom. The second-order valence-electron chi connectivity index (χ2n) is 7.90. The van der Waals surface area contributed by atoms with Crippen LogP contribution in [0, 0.1) is 18.6 Å². The van der Waals surface area contributed by atoms with Crippen molar-refractivity contribution < 1.29 is 27.0 Å². The number of benzene rings is 1. The normalized spacial score (nSPS) is 17.3. The largest absolute Gasteiger partial charge is 0.477 e. The van der Waals surface area contributed by atoms with E-state index < -0.39 is 40.6 Å². The summed E-state index contributed by atoms with van der Waals surface area (Å²) in [6.07, 6.45) is -3.11. The second kappa shape index (κ2) is 9.09. The molecule has 4 rings (SSSR count). The number of hydrogen-bond donors (Lipinski definition) is 3. The fourth-order valence-electron chi connectivity index (χ4n) is 3.79. The number of nitrogen functional groups attached to an aromatic ring is 1. The molecule has 0 bridgehead atoms. The molecule has 3 aromatic rings. The Morgan fingerprint density at radius 2 is 1.91 bits per heavy atom. The summed E-state index contributed by atoms with van der Waals surface area (Å²) in [4.78, 5) is 12.6. The van der Waals surface area contributed by atoms with Gasteiger partial charge in [-0.25, -0.2) is 22.5 Å². The smallest absolute Gasteiger partial charge is 0.318 e. The van der Waals surface area contributed by atoms with Crippen LogP contribution in [0.25, 0.3) is 22.2 Å². The van der Waals surface area contributed by atoms with Crippen LogP contribution >= 0.6 is 0 Å². The summed E-state index contributed by atoms with van der Waals surface area (Å²) in [6.45, 7) is 5.48. The lowest BCUT2D eigenvalue weighted by Crippen LogP contribution is -2.14. The van der Waals surface area contributed by atoms with Crippen LogP contribution in [0.4, 0.5) is 29.1 Å². The number of rotatable bonds is 8. The molecule has 34 heavy (non-hydrogen) atoms. The van der Waals surface area contributed by atoms with Crippen molar-refractivity contribution in [2.75, 3.05) is 31.3 Å². The van der Waals surface area contributed by atoms with Crippen LogP contribution in [0.15, 0.2) is 6.07 Å². The third-order valence-corrected chi connectivity index (χ3v) is 5.71. The summed E-state index contributed by atoms with van der Waals surface area (Å²) in [5.41, 5.74) is 3.06. The Kier molecular flexibility index (Phi) is 6.34. The Hall–Kier alpha value is -3.41. The highest BCUT2D eigenvalue weighted by Crippen LogP contribution is 2.41. The Morgan fingerprint density at radius 3 is 2.50 bits per heavy atom. The number of nitrogens with zero attached hydrogens (tertiary/aromatic N) is 3. The predicted molar refractivity (Wildman–Crippen MR) is 119 cm³/mol. The van der Waals surface area contributed by atoms with Crippen LogP contribution in [0.1, 0.15) is 31.4 Å². The maximum absolute atomic E-state index is 15.9. The van der Waals surface area contributed by atoms with Gasteiger partial charge in [0, 0.05) is 29.8 Å². The molecular weight excluding hydrogens is 456 g/mol. The molecule has 1 fully saturated rings. The molecule has 0 saturated carbocycles. The van der Waals surface area contributed by atoms with Crippen LogP contribution in [0.3, 0.4) is 0 Å². The van der Waals surface area contributed by atoms with Crippen molar-refractivity contribution in [2.24, 2.45) is 0 Å². The molecular formula is C22H24F4N6O2. The van der Waals surface area contributed by atoms with Gasteiger partial charge in [-0.1, -0.05) is 0 Å². The van der Waals surface area contributed by atoms with Crippen molar-refractivity contribution in [3.05, 3.63) is 28.8 Å². The van der Waals surface area contributed by atoms with E-state index in [1.54, 1.807) is 6.92 Å². The Balaban J connectivity index is 2.00. The van der Waals surface area contributed by atoms with Crippen LogP contribution in [0.5, 0.6) is 11.9 Å². The van der Waals surface area contributed by atoms with E-state index in [0.29, 0.717) is 12.6 Å². The van der Waals surface area contributed by atoms with Crippen LogP contribution in [-0.4, -0.2) is 47.3 Å². The monoisotopic (exact) mass is 480 g/mol. The van der Waals surface area contributed by atoms with Gasteiger partial charge in [0.1, 0.15) is 28.2 Å². The van der Waals surface area contributed by atoms with E-state index in [0.717, 1.165) is 13.0 Å². The maximum atomic E-state index is 15.9. The summed E-state index contributed by atoms with van der Waals surface area (Å²) in [6, 6.07) is 1.31. The van der Waals surface area contributed by atoms with Gasteiger partial charge in [-0.15, -0.1) is 0 Å². The molecule has 1 aliphatic heterocycles. The number of nitrogens with two attached hydrogens (primary N) is 1. The summed E-state index contributed by atoms with van der Waals surface area (Å²) in [5.74, 6) is -1.87. The molecule has 12 heteroatoms. The summed E-state index contributed by atoms with van der Waals surface area (Å²) in [7, 11) is 1.32. The minimum absolute atomic E-state index is 0.0726. The zero-order chi connectivity index (χ0) is 24.7. The van der Waals surface area contributed by atoms with Crippen molar-refractivity contribution in [1.29, 1.82) is 0 Å². The van der Waals surface area contributed by atoms with Crippen molar-refractivity contribution in [2.45, 2.75) is 39.3 Å². The minimum atomic E-state index is -3.11. The van der Waals surface area contributed by atoms with Gasteiger partial charge in [0.2, 0.25) is 5.88 Å². The Bertz CT molecular complexity index is 1260. The molecule has 182 valence electrons. The number of nitrogens with one attached hydrogen (secondary N) is 2. The van der Waals surface area contributed by atoms with Gasteiger partial charge in [0.15, 0.2) is 5.82 Å². The number of hydrogen-bond acceptors (Lipinski definition) is 8. The van der Waals surface area contributed by atoms with E-state index >= 15 is 4.39 Å². The first-order valence-electron chi connectivity index (χ1n) is 10.6. The average molecular weight is 480 g/mol. The Labute approximate surface area is 192 Å². The fourth-order valence-corrected chi connectivity index (χ4v) is 3.79. The van der Waals surface area contributed by atoms with Crippen molar-refractivity contribution in [1.82, 2.24) is 20.3 Å². The number of pyridine rings is 1. The van der Waals surface area contributed by atoms with E-state index in [2.05, 4.69) is 25.6 Å². The van der Waals surface area contributed by atoms with Gasteiger partial charge in [0.25, 0.3) is 6.43 Å². The first-order chi connectivity index (χ1) is 16.2. The van der Waals surface area contributed by atoms with Gasteiger partial charge < -0.3 is 25.8 Å². The van der Waals surface area contributed by atoms with E-state index in [-0.39, 0.29) is 46.8 Å². The second-order valence-corrected chi connectivity index (χ2v) is 7.90. The zero-order valence-corrected chi connectivity index (χ0v) is 19.0. The molecule has 3 heterocycles. The van der Waals surface area contributed by atoms with Crippen molar-refractivity contribution >= 4 is 22.4 Å². The summed E-state index contributed by atoms with van der Waals surface area (Å²) in [5, 5.41) is 6.47. The molecule has 0 spiro atoms. The molecule has 2 aromatic heterocycles. The molecule has 1 saturated heterocycles. The van der Waals surface area contributed by atoms with Crippen molar-refractivity contribution in [3.63, 3.8) is 0 Å². The van der Waals surface area contributed by atoms with E-state index in [4.69, 9.17) is 15.2 Å². The minimum Gasteiger partial charge on any atom is -0.477 e. The summed E-state index contributed by atoms with van der Waals surface area (Å²) >= 11 is 0. The topological polar surface area (TPSA) is 117 Å². The molecule has 2 atom stereocenters. The average Bonchev–Trinajstić information content (AvgIpc) is 3.51. The highest BCUT2D eigenvalue weighted by molar-refractivity contribution is 5.96. The SMILES string of the molecule is CCOc1nc(-c2cc(N)c(F)c(C)c2C(F)F)c(F)c2nc(OC)nc(NCC3NC3C)c12. The van der Waals surface area contributed by atoms with Crippen molar-refractivity contribution in [3.8, 4) is 23.1 Å². The maximum Gasteiger partial charge on any atom is 0.318 e. The highest BCUT2D eigenvalue weighted by atomic mass is 19.3. The lowest BCUT2D eigenvalue weighted by Gasteiger charge is -2.18. The zero-order valence-electron chi connectivity index (χ0n) is 19.0. The van der Waals surface area contributed by atoms with Crippen LogP contribution in [-0.2, 0) is 0 Å². The van der Waals surface area contributed by atoms with Gasteiger partial charge >= 0.3 is 6.01 Å². The van der Waals surface area contributed by atoms with Gasteiger partial charge in [-0.05, 0) is 32.4 Å². The van der Waals surface area contributed by atoms with E-state index in [9.17, 15) is 13.2 Å². The molecule has 1 aliphatic rings. The lowest BCUT2D eigenvalue weighted by atomic mass is 9.97. The first kappa shape index (κ1) is 23.7. The first-order valence-corrected chi connectivity index (χ1v) is 10.6. The number of anilines is 2. The number of methoxy groups -OCH3 is 1. The molecule has 0 amide bonds. The third-order valence-electron chi connectivity index (χ3n) is 5.71. The van der Waals surface area contributed by atoms with E-state index in [1.807, 2.05) is 6.92 Å². The quantitative estimate of drug-likeness (QED) is 0.252. The number of fused-ring (bicyclic) bond motifs is 1. The number of halogens is 4. The van der Waals surface area contributed by atoms with Crippen LogP contribution in [0.2, 0.25) is 0 Å². The highest BCUT2D eigenvalue weighted by Gasteiger charge is 2.32. The number of alkyl halides is 2. The molecule has 4 N–H and O–H groups in total. The standard InChI is InChI=1S/C22H24F4N6O2/c1-5-34-21-14-18(31-22(33-4)32-20(14)28-7-12-9(3)29-12)16(24)17(30-21)10-6-11(27)15(23)8(2)13(10)19(25)26/h6,9,12,19,29H,5,7,27H2,1-4H3,(H,28,31,32). The number of ether oxygens (including phenoxy) is 2. The molecule has 0 radical (unpaired) electrons. The van der Waals surface area contributed by atoms with Gasteiger partial charge in [0.05, 0.1) is 19.4 Å². The third kappa shape index (κ3) is 4.13. The number of aromatic nitrogens is 3. The molecule has 1 aromatic carbocycles. The fraction of sp³-hybridized carbons (Fsp3) is 0.409. The lowest BCUT2D eigenvalue weighted by molar-refractivity contribution is 0.150. The van der Waals surface area contributed by atoms with Gasteiger partial charge in [-0.2, -0.15) is 9.97 Å². The predicted octanol–water partition coefficient (Wildman–Crippen LogP) is 3.98.